The summed E-state index contributed by atoms with van der Waals surface area (Å²) in [5, 5.41) is 0.521. The molecule has 2 atom stereocenters. The summed E-state index contributed by atoms with van der Waals surface area (Å²) in [5.74, 6) is 0. The summed E-state index contributed by atoms with van der Waals surface area (Å²) < 4.78 is 1.10. The molecule has 0 bridgehead atoms. The monoisotopic (exact) mass is 335 g/mol. The molecular formula is C11H14INOS. The van der Waals surface area contributed by atoms with Gasteiger partial charge in [0.15, 0.2) is 0 Å². The van der Waals surface area contributed by atoms with E-state index in [1.807, 2.05) is 17.1 Å². The van der Waals surface area contributed by atoms with E-state index < -0.39 is 0 Å². The summed E-state index contributed by atoms with van der Waals surface area (Å²) in [4.78, 5) is 13.9. The van der Waals surface area contributed by atoms with Gasteiger partial charge >= 0.3 is 0 Å². The Morgan fingerprint density at radius 2 is 2.40 bits per heavy atom. The Labute approximate surface area is 108 Å². The van der Waals surface area contributed by atoms with Gasteiger partial charge in [0.1, 0.15) is 0 Å². The van der Waals surface area contributed by atoms with Crippen molar-refractivity contribution in [3.63, 3.8) is 0 Å². The number of carbonyl (C=O) groups is 1. The molecule has 1 heterocycles. The second-order valence-corrected chi connectivity index (χ2v) is 6.14. The van der Waals surface area contributed by atoms with Gasteiger partial charge in [-0.05, 0) is 13.3 Å². The number of alkyl halides is 1. The number of allylic oxidation sites excluding steroid dienone is 2. The highest BCUT2D eigenvalue weighted by Gasteiger charge is 2.47. The molecule has 0 saturated carbocycles. The van der Waals surface area contributed by atoms with Crippen LogP contribution in [0.4, 0.5) is 4.79 Å². The van der Waals surface area contributed by atoms with Crippen LogP contribution in [0.15, 0.2) is 24.3 Å². The number of hydrogen-bond donors (Lipinski definition) is 0. The molecule has 0 aromatic heterocycles. The number of rotatable bonds is 3. The van der Waals surface area contributed by atoms with Gasteiger partial charge in [-0.15, -0.1) is 0 Å². The van der Waals surface area contributed by atoms with E-state index in [0.717, 1.165) is 17.4 Å². The van der Waals surface area contributed by atoms with Crippen molar-refractivity contribution >= 4 is 39.6 Å². The molecule has 1 aliphatic heterocycles. The maximum Gasteiger partial charge on any atom is 0.283 e. The summed E-state index contributed by atoms with van der Waals surface area (Å²) in [6, 6.07) is 0. The lowest BCUT2D eigenvalue weighted by Crippen LogP contribution is -2.47. The van der Waals surface area contributed by atoms with Crippen LogP contribution in [0.1, 0.15) is 13.3 Å². The summed E-state index contributed by atoms with van der Waals surface area (Å²) in [6.07, 6.45) is 9.45. The molecule has 1 fully saturated rings. The maximum absolute atomic E-state index is 11.9. The number of amides is 1. The molecule has 0 aromatic rings. The number of carbonyl (C=O) groups excluding carboxylic acids is 1. The van der Waals surface area contributed by atoms with Crippen LogP contribution in [0.3, 0.4) is 0 Å². The number of fused-ring (bicyclic) bond motifs is 1. The Kier molecular flexibility index (Phi) is 3.45. The second kappa shape index (κ2) is 4.49. The highest BCUT2D eigenvalue weighted by molar-refractivity contribution is 14.1. The van der Waals surface area contributed by atoms with Gasteiger partial charge in [-0.1, -0.05) is 58.7 Å². The first kappa shape index (κ1) is 11.5. The van der Waals surface area contributed by atoms with Crippen LogP contribution in [0.2, 0.25) is 0 Å². The normalized spacial score (nSPS) is 33.6. The maximum atomic E-state index is 11.9. The zero-order valence-corrected chi connectivity index (χ0v) is 11.6. The molecule has 2 nitrogen and oxygen atoms in total. The van der Waals surface area contributed by atoms with Crippen molar-refractivity contribution < 1.29 is 4.79 Å². The van der Waals surface area contributed by atoms with Crippen LogP contribution >= 0.6 is 34.4 Å². The minimum Gasteiger partial charge on any atom is -0.323 e. The van der Waals surface area contributed by atoms with Gasteiger partial charge < -0.3 is 4.90 Å². The molecule has 82 valence electrons. The van der Waals surface area contributed by atoms with Gasteiger partial charge in [0.05, 0.1) is 10.8 Å². The SMILES string of the molecule is CC12C=CC=CC1SC(=O)N2CCCI. The van der Waals surface area contributed by atoms with Crippen molar-refractivity contribution in [2.24, 2.45) is 0 Å². The van der Waals surface area contributed by atoms with Gasteiger partial charge in [0.25, 0.3) is 5.24 Å². The van der Waals surface area contributed by atoms with E-state index >= 15 is 0 Å². The van der Waals surface area contributed by atoms with Crippen molar-refractivity contribution in [1.29, 1.82) is 0 Å². The van der Waals surface area contributed by atoms with Crippen molar-refractivity contribution in [1.82, 2.24) is 4.90 Å². The van der Waals surface area contributed by atoms with Crippen LogP contribution in [0.5, 0.6) is 0 Å². The van der Waals surface area contributed by atoms with Gasteiger partial charge in [0, 0.05) is 11.0 Å². The molecule has 2 rings (SSSR count). The lowest BCUT2D eigenvalue weighted by molar-refractivity contribution is 0.186. The Bertz CT molecular complexity index is 329. The van der Waals surface area contributed by atoms with Crippen molar-refractivity contribution in [2.75, 3.05) is 11.0 Å². The molecule has 2 aliphatic rings. The molecule has 1 amide bonds. The average molecular weight is 335 g/mol. The van der Waals surface area contributed by atoms with E-state index in [1.165, 1.54) is 11.8 Å². The van der Waals surface area contributed by atoms with Gasteiger partial charge in [-0.3, -0.25) is 4.79 Å². The minimum absolute atomic E-state index is 0.0949. The van der Waals surface area contributed by atoms with Crippen LogP contribution in [-0.2, 0) is 0 Å². The fourth-order valence-electron chi connectivity index (χ4n) is 2.03. The molecule has 0 aromatic carbocycles. The average Bonchev–Trinajstić information content (AvgIpc) is 2.46. The molecule has 1 aliphatic carbocycles. The second-order valence-electron chi connectivity index (χ2n) is 3.97. The zero-order chi connectivity index (χ0) is 10.9. The summed E-state index contributed by atoms with van der Waals surface area (Å²) >= 11 is 3.81. The van der Waals surface area contributed by atoms with Gasteiger partial charge in [-0.2, -0.15) is 0 Å². The molecule has 2 unspecified atom stereocenters. The van der Waals surface area contributed by atoms with Crippen molar-refractivity contribution in [3.8, 4) is 0 Å². The van der Waals surface area contributed by atoms with Gasteiger partial charge in [0.2, 0.25) is 0 Å². The van der Waals surface area contributed by atoms with E-state index in [-0.39, 0.29) is 10.8 Å². The van der Waals surface area contributed by atoms with Crippen molar-refractivity contribution in [3.05, 3.63) is 24.3 Å². The molecule has 0 spiro atoms. The number of halogens is 1. The first-order valence-corrected chi connectivity index (χ1v) is 7.49. The lowest BCUT2D eigenvalue weighted by Gasteiger charge is -2.35. The van der Waals surface area contributed by atoms with E-state index in [9.17, 15) is 4.79 Å². The first-order valence-electron chi connectivity index (χ1n) is 5.09. The fraction of sp³-hybridized carbons (Fsp3) is 0.545. The molecule has 4 heteroatoms. The highest BCUT2D eigenvalue weighted by Crippen LogP contribution is 2.43. The van der Waals surface area contributed by atoms with Crippen molar-refractivity contribution in [2.45, 2.75) is 24.1 Å². The Morgan fingerprint density at radius 1 is 1.60 bits per heavy atom. The first-order chi connectivity index (χ1) is 7.18. The predicted octanol–water partition coefficient (Wildman–Crippen LogP) is 3.23. The quantitative estimate of drug-likeness (QED) is 0.583. The Balaban J connectivity index is 2.19. The molecule has 15 heavy (non-hydrogen) atoms. The number of nitrogens with zero attached hydrogens (tertiary/aromatic N) is 1. The highest BCUT2D eigenvalue weighted by atomic mass is 127. The number of hydrogen-bond acceptors (Lipinski definition) is 2. The van der Waals surface area contributed by atoms with E-state index in [0.29, 0.717) is 5.25 Å². The summed E-state index contributed by atoms with van der Waals surface area (Å²) in [7, 11) is 0. The summed E-state index contributed by atoms with van der Waals surface area (Å²) in [6.45, 7) is 3.03. The third kappa shape index (κ3) is 1.98. The molecular weight excluding hydrogens is 321 g/mol. The van der Waals surface area contributed by atoms with E-state index in [2.05, 4.69) is 41.7 Å². The van der Waals surface area contributed by atoms with E-state index in [1.54, 1.807) is 0 Å². The van der Waals surface area contributed by atoms with Crippen LogP contribution in [-0.4, -0.2) is 31.9 Å². The van der Waals surface area contributed by atoms with Crippen LogP contribution in [0.25, 0.3) is 0 Å². The fourth-order valence-corrected chi connectivity index (χ4v) is 3.61. The molecule has 0 N–H and O–H groups in total. The number of thioether (sulfide) groups is 1. The summed E-state index contributed by atoms with van der Waals surface area (Å²) in [5.41, 5.74) is -0.0949. The zero-order valence-electron chi connectivity index (χ0n) is 8.65. The Hall–Kier alpha value is 0.0300. The van der Waals surface area contributed by atoms with Gasteiger partial charge in [-0.25, -0.2) is 0 Å². The minimum atomic E-state index is -0.0949. The predicted molar refractivity (Wildman–Crippen MR) is 73.7 cm³/mol. The lowest BCUT2D eigenvalue weighted by atomic mass is 9.91. The van der Waals surface area contributed by atoms with Crippen LogP contribution in [0, 0.1) is 0 Å². The Morgan fingerprint density at radius 3 is 3.13 bits per heavy atom. The van der Waals surface area contributed by atoms with E-state index in [4.69, 9.17) is 0 Å². The standard InChI is InChI=1S/C11H14INOS/c1-11-6-3-2-5-9(11)15-10(14)13(11)8-4-7-12/h2-3,5-6,9H,4,7-8H2,1H3. The molecule has 1 saturated heterocycles. The van der Waals surface area contributed by atoms with Crippen LogP contribution < -0.4 is 0 Å². The largest absolute Gasteiger partial charge is 0.323 e. The molecule has 0 radical (unpaired) electrons. The third-order valence-electron chi connectivity index (χ3n) is 2.95. The third-order valence-corrected chi connectivity index (χ3v) is 5.02. The topological polar surface area (TPSA) is 20.3 Å². The smallest absolute Gasteiger partial charge is 0.283 e.